The van der Waals surface area contributed by atoms with Crippen LogP contribution >= 0.6 is 0 Å². The Hall–Kier alpha value is -1.07. The van der Waals surface area contributed by atoms with Gasteiger partial charge < -0.3 is 9.47 Å². The van der Waals surface area contributed by atoms with Gasteiger partial charge in [-0.3, -0.25) is 4.90 Å². The molecule has 1 aliphatic rings. The highest BCUT2D eigenvalue weighted by Crippen LogP contribution is 1.97. The van der Waals surface area contributed by atoms with E-state index in [-0.39, 0.29) is 6.10 Å². The number of rotatable bonds is 5. The summed E-state index contributed by atoms with van der Waals surface area (Å²) in [7, 11) is 0. The van der Waals surface area contributed by atoms with Crippen molar-refractivity contribution in [1.82, 2.24) is 4.90 Å². The van der Waals surface area contributed by atoms with E-state index in [1.165, 1.54) is 0 Å². The van der Waals surface area contributed by atoms with Gasteiger partial charge in [0, 0.05) is 19.5 Å². The molecule has 1 fully saturated rings. The average molecular weight is 236 g/mol. The lowest BCUT2D eigenvalue weighted by Gasteiger charge is -2.24. The van der Waals surface area contributed by atoms with Crippen LogP contribution in [0.1, 0.15) is 19.8 Å². The minimum Gasteiger partial charge on any atom is -0.379 e. The van der Waals surface area contributed by atoms with Gasteiger partial charge in [0.2, 0.25) is 0 Å². The highest BCUT2D eigenvalue weighted by atomic mass is 16.5. The lowest BCUT2D eigenvalue weighted by Crippen LogP contribution is -2.36. The normalized spacial score (nSPS) is 17.9. The third-order valence-electron chi connectivity index (χ3n) is 2.54. The Morgan fingerprint density at radius 2 is 2.12 bits per heavy atom. The number of morpholine rings is 1. The molecular formula is C13H20N2O2. The molecular weight excluding hydrogens is 216 g/mol. The molecule has 0 amide bonds. The summed E-state index contributed by atoms with van der Waals surface area (Å²) in [6, 6.07) is 2.05. The van der Waals surface area contributed by atoms with Crippen molar-refractivity contribution in [2.45, 2.75) is 25.9 Å². The third-order valence-corrected chi connectivity index (χ3v) is 2.54. The van der Waals surface area contributed by atoms with Crippen LogP contribution in [-0.2, 0) is 9.47 Å². The van der Waals surface area contributed by atoms with Crippen LogP contribution in [0.5, 0.6) is 0 Å². The highest BCUT2D eigenvalue weighted by molar-refractivity contribution is 5.02. The van der Waals surface area contributed by atoms with Crippen LogP contribution in [0.4, 0.5) is 0 Å². The fraction of sp³-hybridized carbons (Fsp3) is 0.769. The molecule has 4 heteroatoms. The maximum Gasteiger partial charge on any atom is 0.0656 e. The molecule has 1 rings (SSSR count). The summed E-state index contributed by atoms with van der Waals surface area (Å²) in [4.78, 5) is 2.29. The van der Waals surface area contributed by atoms with Crippen LogP contribution in [0, 0.1) is 23.2 Å². The Balaban J connectivity index is 2.06. The van der Waals surface area contributed by atoms with Crippen LogP contribution in [0.2, 0.25) is 0 Å². The van der Waals surface area contributed by atoms with E-state index < -0.39 is 0 Å². The van der Waals surface area contributed by atoms with E-state index in [1.54, 1.807) is 0 Å². The van der Waals surface area contributed by atoms with E-state index in [4.69, 9.17) is 14.7 Å². The zero-order valence-electron chi connectivity index (χ0n) is 10.4. The van der Waals surface area contributed by atoms with Gasteiger partial charge in [0.05, 0.1) is 45.0 Å². The molecule has 1 atom stereocenters. The van der Waals surface area contributed by atoms with E-state index in [1.807, 2.05) is 6.92 Å². The van der Waals surface area contributed by atoms with E-state index in [9.17, 15) is 0 Å². The summed E-state index contributed by atoms with van der Waals surface area (Å²) >= 11 is 0. The lowest BCUT2D eigenvalue weighted by atomic mass is 10.3. The van der Waals surface area contributed by atoms with Gasteiger partial charge in [0.1, 0.15) is 0 Å². The van der Waals surface area contributed by atoms with Crippen LogP contribution in [-0.4, -0.2) is 50.5 Å². The Morgan fingerprint density at radius 1 is 1.35 bits per heavy atom. The number of ether oxygens (including phenoxy) is 2. The zero-order chi connectivity index (χ0) is 12.3. The van der Waals surface area contributed by atoms with Gasteiger partial charge >= 0.3 is 0 Å². The van der Waals surface area contributed by atoms with Crippen LogP contribution in [0.3, 0.4) is 0 Å². The molecule has 0 aromatic heterocycles. The SMILES string of the molecule is C[C@H](CC#CCN1CCOCC1)OCCC#N. The van der Waals surface area contributed by atoms with Crippen molar-refractivity contribution in [1.29, 1.82) is 5.26 Å². The maximum absolute atomic E-state index is 8.36. The van der Waals surface area contributed by atoms with Gasteiger partial charge in [0.25, 0.3) is 0 Å². The summed E-state index contributed by atoms with van der Waals surface area (Å²) in [5, 5.41) is 8.36. The van der Waals surface area contributed by atoms with Crippen molar-refractivity contribution in [3.05, 3.63) is 0 Å². The second kappa shape index (κ2) is 9.01. The van der Waals surface area contributed by atoms with Crippen molar-refractivity contribution in [2.24, 2.45) is 0 Å². The molecule has 0 aromatic rings. The van der Waals surface area contributed by atoms with Crippen molar-refractivity contribution in [3.63, 3.8) is 0 Å². The molecule has 1 aliphatic heterocycles. The molecule has 0 N–H and O–H groups in total. The molecule has 1 heterocycles. The van der Waals surface area contributed by atoms with Crippen molar-refractivity contribution in [3.8, 4) is 17.9 Å². The smallest absolute Gasteiger partial charge is 0.0656 e. The first kappa shape index (κ1) is 14.0. The summed E-state index contributed by atoms with van der Waals surface area (Å²) < 4.78 is 10.7. The van der Waals surface area contributed by atoms with Crippen LogP contribution in [0.25, 0.3) is 0 Å². The summed E-state index contributed by atoms with van der Waals surface area (Å²) in [5.41, 5.74) is 0. The summed E-state index contributed by atoms with van der Waals surface area (Å²) in [5.74, 6) is 6.27. The molecule has 17 heavy (non-hydrogen) atoms. The first-order chi connectivity index (χ1) is 8.33. The predicted octanol–water partition coefficient (Wildman–Crippen LogP) is 1.03. The number of hydrogen-bond acceptors (Lipinski definition) is 4. The minimum absolute atomic E-state index is 0.112. The number of nitriles is 1. The van der Waals surface area contributed by atoms with E-state index in [0.717, 1.165) is 39.3 Å². The Kier molecular flexibility index (Phi) is 7.42. The van der Waals surface area contributed by atoms with Gasteiger partial charge in [-0.2, -0.15) is 5.26 Å². The highest BCUT2D eigenvalue weighted by Gasteiger charge is 2.07. The summed E-state index contributed by atoms with van der Waals surface area (Å²) in [6.45, 7) is 6.88. The van der Waals surface area contributed by atoms with Crippen molar-refractivity contribution < 1.29 is 9.47 Å². The fourth-order valence-corrected chi connectivity index (χ4v) is 1.51. The minimum atomic E-state index is 0.112. The second-order valence-corrected chi connectivity index (χ2v) is 4.04. The van der Waals surface area contributed by atoms with E-state index >= 15 is 0 Å². The third kappa shape index (κ3) is 6.97. The molecule has 0 radical (unpaired) electrons. The molecule has 1 saturated heterocycles. The first-order valence-corrected chi connectivity index (χ1v) is 6.07. The molecule has 0 bridgehead atoms. The predicted molar refractivity (Wildman–Crippen MR) is 65.3 cm³/mol. The van der Waals surface area contributed by atoms with Crippen molar-refractivity contribution >= 4 is 0 Å². The number of hydrogen-bond donors (Lipinski definition) is 0. The quantitative estimate of drug-likeness (QED) is 0.528. The Morgan fingerprint density at radius 3 is 2.82 bits per heavy atom. The second-order valence-electron chi connectivity index (χ2n) is 4.04. The van der Waals surface area contributed by atoms with Gasteiger partial charge in [-0.1, -0.05) is 11.8 Å². The molecule has 0 saturated carbocycles. The van der Waals surface area contributed by atoms with Crippen LogP contribution < -0.4 is 0 Å². The number of nitrogens with zero attached hydrogens (tertiary/aromatic N) is 2. The van der Waals surface area contributed by atoms with Crippen LogP contribution in [0.15, 0.2) is 0 Å². The zero-order valence-corrected chi connectivity index (χ0v) is 10.4. The standard InChI is InChI=1S/C13H20N2O2/c1-13(17-10-4-6-14)5-2-3-7-15-8-11-16-12-9-15/h13H,4-5,7-12H2,1H3/t13-/m1/s1. The molecule has 0 unspecified atom stereocenters. The Labute approximate surface area is 103 Å². The van der Waals surface area contributed by atoms with Gasteiger partial charge in [-0.05, 0) is 6.92 Å². The van der Waals surface area contributed by atoms with Gasteiger partial charge in [0.15, 0.2) is 0 Å². The van der Waals surface area contributed by atoms with E-state index in [0.29, 0.717) is 13.0 Å². The molecule has 0 aromatic carbocycles. The van der Waals surface area contributed by atoms with E-state index in [2.05, 4.69) is 22.8 Å². The molecule has 0 aliphatic carbocycles. The monoisotopic (exact) mass is 236 g/mol. The first-order valence-electron chi connectivity index (χ1n) is 6.07. The fourth-order valence-electron chi connectivity index (χ4n) is 1.51. The van der Waals surface area contributed by atoms with Crippen molar-refractivity contribution in [2.75, 3.05) is 39.5 Å². The molecule has 0 spiro atoms. The Bertz CT molecular complexity index is 295. The topological polar surface area (TPSA) is 45.5 Å². The average Bonchev–Trinajstić information content (AvgIpc) is 2.36. The molecule has 4 nitrogen and oxygen atoms in total. The summed E-state index contributed by atoms with van der Waals surface area (Å²) in [6.07, 6.45) is 1.29. The largest absolute Gasteiger partial charge is 0.379 e. The molecule has 94 valence electrons. The maximum atomic E-state index is 8.36. The lowest BCUT2D eigenvalue weighted by molar-refractivity contribution is 0.0443. The van der Waals surface area contributed by atoms with Gasteiger partial charge in [-0.25, -0.2) is 0 Å². The van der Waals surface area contributed by atoms with Gasteiger partial charge in [-0.15, -0.1) is 0 Å².